The van der Waals surface area contributed by atoms with Gasteiger partial charge in [0.15, 0.2) is 0 Å². The second-order valence-electron chi connectivity index (χ2n) is 6.82. The molecule has 5 heteroatoms. The number of amides is 1. The van der Waals surface area contributed by atoms with Crippen molar-refractivity contribution in [3.63, 3.8) is 0 Å². The molecule has 2 aromatic rings. The van der Waals surface area contributed by atoms with Crippen LogP contribution in [0.4, 0.5) is 0 Å². The molecule has 0 fully saturated rings. The van der Waals surface area contributed by atoms with Crippen LogP contribution in [-0.2, 0) is 11.2 Å². The summed E-state index contributed by atoms with van der Waals surface area (Å²) in [5, 5.41) is 12.2. The number of carbonyl (C=O) groups is 1. The maximum atomic E-state index is 12.4. The third-order valence-corrected chi connectivity index (χ3v) is 4.80. The lowest BCUT2D eigenvalue weighted by Gasteiger charge is -2.18. The van der Waals surface area contributed by atoms with Crippen LogP contribution in [-0.4, -0.2) is 10.9 Å². The summed E-state index contributed by atoms with van der Waals surface area (Å²) in [6, 6.07) is 8.08. The van der Waals surface area contributed by atoms with E-state index in [1.54, 1.807) is 13.8 Å². The van der Waals surface area contributed by atoms with Crippen molar-refractivity contribution in [1.82, 2.24) is 10.3 Å². The van der Waals surface area contributed by atoms with Crippen LogP contribution in [0.15, 0.2) is 23.0 Å². The molecule has 0 aliphatic heterocycles. The molecule has 1 atom stereocenters. The molecule has 0 saturated heterocycles. The van der Waals surface area contributed by atoms with E-state index in [0.717, 1.165) is 22.3 Å². The molecule has 0 saturated carbocycles. The van der Waals surface area contributed by atoms with E-state index in [-0.39, 0.29) is 23.1 Å². The highest BCUT2D eigenvalue weighted by Gasteiger charge is 2.15. The number of hydrogen-bond donors (Lipinski definition) is 2. The molecule has 0 aliphatic carbocycles. The zero-order chi connectivity index (χ0) is 19.4. The highest BCUT2D eigenvalue weighted by molar-refractivity contribution is 5.76. The van der Waals surface area contributed by atoms with Crippen LogP contribution in [0, 0.1) is 39.0 Å². The topological polar surface area (TPSA) is 85.8 Å². The van der Waals surface area contributed by atoms with Gasteiger partial charge in [-0.05, 0) is 63.3 Å². The Morgan fingerprint density at radius 2 is 1.96 bits per heavy atom. The minimum Gasteiger partial charge on any atom is -0.350 e. The molecule has 0 bridgehead atoms. The predicted molar refractivity (Wildman–Crippen MR) is 102 cm³/mol. The number of nitriles is 1. The number of rotatable bonds is 5. The Morgan fingerprint density at radius 1 is 1.27 bits per heavy atom. The summed E-state index contributed by atoms with van der Waals surface area (Å²) in [5.41, 5.74) is 5.39. The van der Waals surface area contributed by atoms with Crippen molar-refractivity contribution >= 4 is 5.91 Å². The van der Waals surface area contributed by atoms with E-state index in [0.29, 0.717) is 24.1 Å². The van der Waals surface area contributed by atoms with E-state index in [4.69, 9.17) is 5.26 Å². The molecule has 2 rings (SSSR count). The van der Waals surface area contributed by atoms with Gasteiger partial charge in [-0.2, -0.15) is 5.26 Å². The van der Waals surface area contributed by atoms with Gasteiger partial charge in [0.05, 0.1) is 6.04 Å². The van der Waals surface area contributed by atoms with Crippen molar-refractivity contribution in [2.24, 2.45) is 0 Å². The molecule has 1 aromatic carbocycles. The largest absolute Gasteiger partial charge is 0.350 e. The minimum absolute atomic E-state index is 0.0538. The molecule has 136 valence electrons. The number of benzene rings is 1. The monoisotopic (exact) mass is 351 g/mol. The molecule has 1 heterocycles. The van der Waals surface area contributed by atoms with E-state index in [2.05, 4.69) is 28.5 Å². The van der Waals surface area contributed by atoms with Crippen molar-refractivity contribution in [3.8, 4) is 6.07 Å². The summed E-state index contributed by atoms with van der Waals surface area (Å²) >= 11 is 0. The molecule has 1 amide bonds. The smallest absolute Gasteiger partial charge is 0.266 e. The quantitative estimate of drug-likeness (QED) is 0.867. The summed E-state index contributed by atoms with van der Waals surface area (Å²) in [7, 11) is 0. The Bertz CT molecular complexity index is 935. The van der Waals surface area contributed by atoms with Gasteiger partial charge in [-0.25, -0.2) is 0 Å². The Balaban J connectivity index is 2.09. The van der Waals surface area contributed by atoms with Crippen molar-refractivity contribution in [2.75, 3.05) is 0 Å². The van der Waals surface area contributed by atoms with Crippen LogP contribution in [0.25, 0.3) is 0 Å². The third kappa shape index (κ3) is 4.20. The molecule has 2 N–H and O–H groups in total. The number of nitrogens with zero attached hydrogens (tertiary/aromatic N) is 1. The Kier molecular flexibility index (Phi) is 5.99. The Hall–Kier alpha value is -2.87. The summed E-state index contributed by atoms with van der Waals surface area (Å²) in [4.78, 5) is 26.9. The number of nitrogens with one attached hydrogen (secondary N) is 2. The molecular weight excluding hydrogens is 326 g/mol. The van der Waals surface area contributed by atoms with E-state index in [9.17, 15) is 9.59 Å². The van der Waals surface area contributed by atoms with Gasteiger partial charge in [0.2, 0.25) is 5.91 Å². The summed E-state index contributed by atoms with van der Waals surface area (Å²) in [6.45, 7) is 9.60. The second kappa shape index (κ2) is 8.01. The molecule has 0 radical (unpaired) electrons. The van der Waals surface area contributed by atoms with E-state index in [1.165, 1.54) is 0 Å². The maximum absolute atomic E-state index is 12.4. The fourth-order valence-corrected chi connectivity index (χ4v) is 3.28. The number of aromatic nitrogens is 1. The molecule has 0 spiro atoms. The predicted octanol–water partition coefficient (Wildman–Crippen LogP) is 3.29. The van der Waals surface area contributed by atoms with Crippen molar-refractivity contribution in [3.05, 3.63) is 67.6 Å². The minimum atomic E-state index is -0.376. The van der Waals surface area contributed by atoms with E-state index >= 15 is 0 Å². The van der Waals surface area contributed by atoms with Gasteiger partial charge in [0, 0.05) is 12.1 Å². The first-order valence-corrected chi connectivity index (χ1v) is 8.73. The lowest BCUT2D eigenvalue weighted by Crippen LogP contribution is -2.27. The lowest BCUT2D eigenvalue weighted by molar-refractivity contribution is -0.121. The summed E-state index contributed by atoms with van der Waals surface area (Å²) in [6.07, 6.45) is 0.780. The molecule has 26 heavy (non-hydrogen) atoms. The SMILES string of the molecule is Cc1ccc(C)c([C@H](C)NC(=O)CCc2c(C)[nH]c(=O)c(C#N)c2C)c1. The average molecular weight is 351 g/mol. The van der Waals surface area contributed by atoms with Gasteiger partial charge < -0.3 is 10.3 Å². The second-order valence-corrected chi connectivity index (χ2v) is 6.82. The van der Waals surface area contributed by atoms with E-state index in [1.807, 2.05) is 26.8 Å². The summed E-state index contributed by atoms with van der Waals surface area (Å²) in [5.74, 6) is -0.0538. The number of carbonyl (C=O) groups excluding carboxylic acids is 1. The van der Waals surface area contributed by atoms with Crippen LogP contribution in [0.3, 0.4) is 0 Å². The van der Waals surface area contributed by atoms with E-state index < -0.39 is 0 Å². The van der Waals surface area contributed by atoms with Crippen LogP contribution >= 0.6 is 0 Å². The fraction of sp³-hybridized carbons (Fsp3) is 0.381. The van der Waals surface area contributed by atoms with Gasteiger partial charge in [0.25, 0.3) is 5.56 Å². The van der Waals surface area contributed by atoms with Gasteiger partial charge in [0.1, 0.15) is 11.6 Å². The highest BCUT2D eigenvalue weighted by atomic mass is 16.1. The van der Waals surface area contributed by atoms with Crippen LogP contribution in [0.1, 0.15) is 58.5 Å². The zero-order valence-electron chi connectivity index (χ0n) is 16.0. The highest BCUT2D eigenvalue weighted by Crippen LogP contribution is 2.20. The first kappa shape index (κ1) is 19.5. The molecule has 0 aliphatic rings. The lowest BCUT2D eigenvalue weighted by atomic mass is 9.98. The number of aromatic amines is 1. The fourth-order valence-electron chi connectivity index (χ4n) is 3.28. The Labute approximate surface area is 154 Å². The van der Waals surface area contributed by atoms with Gasteiger partial charge in [-0.3, -0.25) is 9.59 Å². The van der Waals surface area contributed by atoms with Gasteiger partial charge in [-0.1, -0.05) is 23.8 Å². The average Bonchev–Trinajstić information content (AvgIpc) is 2.56. The van der Waals surface area contributed by atoms with Crippen LogP contribution < -0.4 is 10.9 Å². The summed E-state index contributed by atoms with van der Waals surface area (Å²) < 4.78 is 0. The van der Waals surface area contributed by atoms with Crippen molar-refractivity contribution in [2.45, 2.75) is 53.5 Å². The molecule has 5 nitrogen and oxygen atoms in total. The first-order chi connectivity index (χ1) is 12.2. The van der Waals surface area contributed by atoms with Gasteiger partial charge in [-0.15, -0.1) is 0 Å². The van der Waals surface area contributed by atoms with Crippen LogP contribution in [0.5, 0.6) is 0 Å². The number of pyridine rings is 1. The normalized spacial score (nSPS) is 11.7. The molecule has 1 aromatic heterocycles. The van der Waals surface area contributed by atoms with Gasteiger partial charge >= 0.3 is 0 Å². The zero-order valence-corrected chi connectivity index (χ0v) is 16.0. The third-order valence-electron chi connectivity index (χ3n) is 4.80. The Morgan fingerprint density at radius 3 is 2.62 bits per heavy atom. The number of hydrogen-bond acceptors (Lipinski definition) is 3. The molecular formula is C21H25N3O2. The van der Waals surface area contributed by atoms with Crippen LogP contribution in [0.2, 0.25) is 0 Å². The van der Waals surface area contributed by atoms with Crippen molar-refractivity contribution in [1.29, 1.82) is 5.26 Å². The van der Waals surface area contributed by atoms with Crippen molar-refractivity contribution < 1.29 is 4.79 Å². The number of H-pyrrole nitrogens is 1. The molecule has 0 unspecified atom stereocenters. The standard InChI is InChI=1S/C21H25N3O2/c1-12-6-7-13(2)18(10-12)16(5)23-20(25)9-8-17-14(3)19(11-22)21(26)24-15(17)4/h6-7,10,16H,8-9H2,1-5H3,(H,23,25)(H,24,26)/t16-/m0/s1. The first-order valence-electron chi connectivity index (χ1n) is 8.73. The number of aryl methyl sites for hydroxylation is 3. The maximum Gasteiger partial charge on any atom is 0.266 e.